The summed E-state index contributed by atoms with van der Waals surface area (Å²) < 4.78 is 7.66. The molecular weight excluding hydrogens is 883 g/mol. The van der Waals surface area contributed by atoms with E-state index >= 15 is 0 Å². The van der Waals surface area contributed by atoms with Crippen molar-refractivity contribution in [3.63, 3.8) is 0 Å². The molecule has 0 saturated heterocycles. The Morgan fingerprint density at radius 1 is 0.205 bits per heavy atom. The Balaban J connectivity index is 0.953. The number of aromatic nitrogens is 3. The van der Waals surface area contributed by atoms with Crippen LogP contribution in [-0.4, -0.2) is 13.7 Å². The number of hydrogen-bond acceptors (Lipinski definition) is 0. The van der Waals surface area contributed by atoms with Crippen LogP contribution in [-0.2, 0) is 0 Å². The summed E-state index contributed by atoms with van der Waals surface area (Å²) in [5, 5.41) is 7.80. The quantitative estimate of drug-likeness (QED) is 0.168. The van der Waals surface area contributed by atoms with Crippen LogP contribution >= 0.6 is 0 Å². The molecule has 3 nitrogen and oxygen atoms in total. The van der Waals surface area contributed by atoms with E-state index in [1.54, 1.807) is 0 Å². The van der Waals surface area contributed by atoms with Crippen molar-refractivity contribution >= 4 is 65.4 Å². The molecule has 3 heterocycles. The first kappa shape index (κ1) is 38.6. The van der Waals surface area contributed by atoms with E-state index in [0.29, 0.717) is 0 Å². The van der Waals surface area contributed by atoms with Crippen LogP contribution in [0.3, 0.4) is 0 Å². The Bertz CT molecular complexity index is 4390. The molecule has 4 bridgehead atoms. The normalized spacial score (nSPS) is 17.6. The highest BCUT2D eigenvalue weighted by Crippen LogP contribution is 2.60. The lowest BCUT2D eigenvalue weighted by molar-refractivity contribution is 0.761. The van der Waals surface area contributed by atoms with Crippen molar-refractivity contribution in [2.24, 2.45) is 0 Å². The summed E-state index contributed by atoms with van der Waals surface area (Å²) in [5.41, 5.74) is 28.0. The van der Waals surface area contributed by atoms with Gasteiger partial charge in [0.1, 0.15) is 0 Å². The van der Waals surface area contributed by atoms with Crippen LogP contribution in [0.1, 0.15) is 90.4 Å². The highest BCUT2D eigenvalue weighted by Gasteiger charge is 2.44. The maximum absolute atomic E-state index is 2.58. The lowest BCUT2D eigenvalue weighted by Gasteiger charge is -2.42. The standard InChI is InChI=1S/C70H43N3/c1-5-23-49-45(19-1)63-46-20-2-6-24-50(46)65(49)69-55(63)33-35-61-67(69)53-27-11-15-31-59(53)72(61)41-37-40(71-57-29-13-9-17-43(57)44-18-10-14-30-58(44)71)38-42(39-41)73-60-32-16-12-28-54(60)68-62(73)36-34-56-64-47-21-3-7-25-51(47)66(70(56)68)52-26-8-4-22-48(52)64/h1-39,63-66H. The molecule has 338 valence electrons. The minimum Gasteiger partial charge on any atom is -0.309 e. The highest BCUT2D eigenvalue weighted by molar-refractivity contribution is 6.15. The number of fused-ring (bicyclic) bond motifs is 9. The van der Waals surface area contributed by atoms with Crippen LogP contribution in [0.15, 0.2) is 237 Å². The minimum atomic E-state index is 0.146. The highest BCUT2D eigenvalue weighted by atomic mass is 15.0. The molecule has 14 aromatic rings. The second-order valence-electron chi connectivity index (χ2n) is 21.0. The SMILES string of the molecule is c1ccc2c(c1)C1c3ccccc3C2c2c1ccc1c2c2ccccc2n1-c1cc(-n2c3ccccc3c3ccccc32)cc(-n2c3ccccc3c3c4c(ccc32)C2c3ccccc3C4c3ccccc32)c1. The predicted molar refractivity (Wildman–Crippen MR) is 299 cm³/mol. The van der Waals surface area contributed by atoms with E-state index in [9.17, 15) is 0 Å². The van der Waals surface area contributed by atoms with Gasteiger partial charge in [-0.15, -0.1) is 0 Å². The van der Waals surface area contributed by atoms with Gasteiger partial charge in [-0.25, -0.2) is 0 Å². The van der Waals surface area contributed by atoms with Crippen molar-refractivity contribution in [3.8, 4) is 17.1 Å². The molecule has 0 radical (unpaired) electrons. The first-order chi connectivity index (χ1) is 36.3. The van der Waals surface area contributed by atoms with Crippen molar-refractivity contribution in [2.75, 3.05) is 0 Å². The summed E-state index contributed by atoms with van der Waals surface area (Å²) in [5.74, 6) is 0.685. The number of rotatable bonds is 3. The Hall–Kier alpha value is -9.18. The molecule has 0 unspecified atom stereocenters. The van der Waals surface area contributed by atoms with E-state index in [4.69, 9.17) is 0 Å². The molecule has 3 aromatic heterocycles. The Morgan fingerprint density at radius 3 is 0.808 bits per heavy atom. The summed E-state index contributed by atoms with van der Waals surface area (Å²) in [6.07, 6.45) is 0. The van der Waals surface area contributed by atoms with Crippen LogP contribution < -0.4 is 0 Å². The van der Waals surface area contributed by atoms with Gasteiger partial charge in [-0.1, -0.05) is 182 Å². The van der Waals surface area contributed by atoms with Crippen molar-refractivity contribution in [1.82, 2.24) is 13.7 Å². The van der Waals surface area contributed by atoms with Crippen LogP contribution in [0, 0.1) is 0 Å². The van der Waals surface area contributed by atoms with Gasteiger partial charge >= 0.3 is 0 Å². The second kappa shape index (κ2) is 13.8. The molecule has 20 rings (SSSR count). The van der Waals surface area contributed by atoms with Gasteiger partial charge in [0, 0.05) is 56.0 Å². The van der Waals surface area contributed by atoms with Gasteiger partial charge in [-0.3, -0.25) is 0 Å². The molecular formula is C70H43N3. The smallest absolute Gasteiger partial charge is 0.0544 e. The summed E-state index contributed by atoms with van der Waals surface area (Å²) in [4.78, 5) is 0. The molecule has 0 fully saturated rings. The average Bonchev–Trinajstić information content (AvgIpc) is 4.11. The Morgan fingerprint density at radius 2 is 0.466 bits per heavy atom. The lowest BCUT2D eigenvalue weighted by atomic mass is 9.60. The molecule has 6 aliphatic rings. The first-order valence-corrected chi connectivity index (χ1v) is 25.9. The molecule has 0 saturated carbocycles. The van der Waals surface area contributed by atoms with Gasteiger partial charge in [0.25, 0.3) is 0 Å². The molecule has 3 heteroatoms. The maximum atomic E-state index is 2.58. The number of hydrogen-bond donors (Lipinski definition) is 0. The Labute approximate surface area is 421 Å². The van der Waals surface area contributed by atoms with Gasteiger partial charge < -0.3 is 13.7 Å². The van der Waals surface area contributed by atoms with Gasteiger partial charge in [-0.05, 0) is 121 Å². The molecule has 73 heavy (non-hydrogen) atoms. The molecule has 0 spiro atoms. The fraction of sp³-hybridized carbons (Fsp3) is 0.0571. The Kier molecular flexibility index (Phi) is 7.30. The summed E-state index contributed by atoms with van der Waals surface area (Å²) >= 11 is 0. The first-order valence-electron chi connectivity index (χ1n) is 25.9. The van der Waals surface area contributed by atoms with Crippen LogP contribution in [0.2, 0.25) is 0 Å². The molecule has 0 aliphatic heterocycles. The second-order valence-corrected chi connectivity index (χ2v) is 21.0. The topological polar surface area (TPSA) is 14.8 Å². The number of nitrogens with zero attached hydrogens (tertiary/aromatic N) is 3. The summed E-state index contributed by atoms with van der Waals surface area (Å²) in [6, 6.07) is 90.2. The fourth-order valence-corrected chi connectivity index (χ4v) is 15.2. The molecule has 0 atom stereocenters. The zero-order chi connectivity index (χ0) is 47.2. The van der Waals surface area contributed by atoms with Crippen molar-refractivity contribution in [1.29, 1.82) is 0 Å². The largest absolute Gasteiger partial charge is 0.309 e. The van der Waals surface area contributed by atoms with Crippen LogP contribution in [0.5, 0.6) is 0 Å². The van der Waals surface area contributed by atoms with Gasteiger partial charge in [0.15, 0.2) is 0 Å². The summed E-state index contributed by atoms with van der Waals surface area (Å²) in [7, 11) is 0. The molecule has 0 N–H and O–H groups in total. The van der Waals surface area contributed by atoms with E-state index in [1.165, 1.54) is 132 Å². The van der Waals surface area contributed by atoms with Gasteiger partial charge in [0.05, 0.1) is 50.2 Å². The van der Waals surface area contributed by atoms with E-state index in [0.717, 1.165) is 17.1 Å². The van der Waals surface area contributed by atoms with E-state index in [-0.39, 0.29) is 23.7 Å². The monoisotopic (exact) mass is 925 g/mol. The predicted octanol–water partition coefficient (Wildman–Crippen LogP) is 17.0. The van der Waals surface area contributed by atoms with E-state index in [1.807, 2.05) is 0 Å². The van der Waals surface area contributed by atoms with Gasteiger partial charge in [0.2, 0.25) is 0 Å². The maximum Gasteiger partial charge on any atom is 0.0544 e. The van der Waals surface area contributed by atoms with Crippen LogP contribution in [0.4, 0.5) is 0 Å². The van der Waals surface area contributed by atoms with E-state index in [2.05, 4.69) is 250 Å². The zero-order valence-corrected chi connectivity index (χ0v) is 39.7. The van der Waals surface area contributed by atoms with Crippen molar-refractivity contribution in [3.05, 3.63) is 303 Å². The van der Waals surface area contributed by atoms with Crippen LogP contribution in [0.25, 0.3) is 82.5 Å². The third-order valence-corrected chi connectivity index (χ3v) is 17.7. The third kappa shape index (κ3) is 4.77. The lowest BCUT2D eigenvalue weighted by Crippen LogP contribution is -2.27. The van der Waals surface area contributed by atoms with Gasteiger partial charge in [-0.2, -0.15) is 0 Å². The van der Waals surface area contributed by atoms with Crippen molar-refractivity contribution < 1.29 is 0 Å². The minimum absolute atomic E-state index is 0.146. The molecule has 6 aliphatic carbocycles. The fourth-order valence-electron chi connectivity index (χ4n) is 15.2. The zero-order valence-electron chi connectivity index (χ0n) is 39.7. The van der Waals surface area contributed by atoms with E-state index < -0.39 is 0 Å². The number of benzene rings is 11. The van der Waals surface area contributed by atoms with Crippen molar-refractivity contribution in [2.45, 2.75) is 23.7 Å². The summed E-state index contributed by atoms with van der Waals surface area (Å²) in [6.45, 7) is 0. The average molecular weight is 926 g/mol. The molecule has 0 amide bonds. The number of para-hydroxylation sites is 4. The molecule has 11 aromatic carbocycles. The third-order valence-electron chi connectivity index (χ3n) is 17.7.